The second-order valence-electron chi connectivity index (χ2n) is 3.13. The molecule has 0 saturated carbocycles. The van der Waals surface area contributed by atoms with Gasteiger partial charge in [-0.05, 0) is 29.8 Å². The summed E-state index contributed by atoms with van der Waals surface area (Å²) in [5.74, 6) is 0. The van der Waals surface area contributed by atoms with Gasteiger partial charge in [0.15, 0.2) is 5.15 Å². The van der Waals surface area contributed by atoms with E-state index in [1.807, 2.05) is 30.3 Å². The summed E-state index contributed by atoms with van der Waals surface area (Å²) in [5.41, 5.74) is 1.68. The van der Waals surface area contributed by atoms with E-state index in [1.165, 1.54) is 0 Å². The van der Waals surface area contributed by atoms with Crippen LogP contribution in [0.5, 0.6) is 0 Å². The van der Waals surface area contributed by atoms with Crippen molar-refractivity contribution in [2.75, 3.05) is 0 Å². The highest BCUT2D eigenvalue weighted by molar-refractivity contribution is 9.10. The van der Waals surface area contributed by atoms with Gasteiger partial charge in [-0.2, -0.15) is 0 Å². The molecule has 1 heterocycles. The fraction of sp³-hybridized carbons (Fsp3) is 0. The third-order valence-corrected chi connectivity index (χ3v) is 2.73. The van der Waals surface area contributed by atoms with Crippen molar-refractivity contribution in [3.05, 3.63) is 57.8 Å². The lowest BCUT2D eigenvalue weighted by Gasteiger charge is -1.96. The predicted octanol–water partition coefficient (Wildman–Crippen LogP) is 4.25. The lowest BCUT2D eigenvalue weighted by molar-refractivity contribution is 1.31. The molecule has 1 aromatic carbocycles. The molecule has 1 aromatic heterocycles. The van der Waals surface area contributed by atoms with E-state index in [4.69, 9.17) is 11.6 Å². The first-order valence-corrected chi connectivity index (χ1v) is 5.83. The highest BCUT2D eigenvalue weighted by Gasteiger charge is 1.96. The Kier molecular flexibility index (Phi) is 3.70. The minimum atomic E-state index is 0.411. The predicted molar refractivity (Wildman–Crippen MR) is 70.6 cm³/mol. The summed E-state index contributed by atoms with van der Waals surface area (Å²) in [6.45, 7) is 0. The van der Waals surface area contributed by atoms with Crippen molar-refractivity contribution in [2.24, 2.45) is 4.99 Å². The molecule has 0 amide bonds. The monoisotopic (exact) mass is 294 g/mol. The first-order chi connectivity index (χ1) is 7.75. The number of benzene rings is 1. The molecule has 16 heavy (non-hydrogen) atoms. The van der Waals surface area contributed by atoms with Crippen LogP contribution in [0.4, 0.5) is 5.69 Å². The summed E-state index contributed by atoms with van der Waals surface area (Å²) >= 11 is 9.29. The van der Waals surface area contributed by atoms with Crippen molar-refractivity contribution < 1.29 is 0 Å². The fourth-order valence-corrected chi connectivity index (χ4v) is 1.79. The molecule has 0 spiro atoms. The van der Waals surface area contributed by atoms with Crippen LogP contribution in [0.15, 0.2) is 52.1 Å². The van der Waals surface area contributed by atoms with Gasteiger partial charge >= 0.3 is 0 Å². The maximum Gasteiger partial charge on any atom is 0.154 e. The van der Waals surface area contributed by atoms with E-state index in [-0.39, 0.29) is 0 Å². The molecule has 0 aliphatic rings. The standard InChI is InChI=1S/C12H8BrClN2/c13-10-4-1-3-9(7-10)8-16-11-5-2-6-15-12(11)14/h1-8H. The minimum Gasteiger partial charge on any atom is -0.253 e. The average molecular weight is 296 g/mol. The van der Waals surface area contributed by atoms with Crippen molar-refractivity contribution in [3.63, 3.8) is 0 Å². The van der Waals surface area contributed by atoms with Crippen molar-refractivity contribution in [2.45, 2.75) is 0 Å². The van der Waals surface area contributed by atoms with Crippen LogP contribution in [-0.2, 0) is 0 Å². The average Bonchev–Trinajstić information content (AvgIpc) is 2.28. The molecule has 0 radical (unpaired) electrons. The van der Waals surface area contributed by atoms with E-state index in [0.29, 0.717) is 10.8 Å². The van der Waals surface area contributed by atoms with Gasteiger partial charge < -0.3 is 0 Å². The van der Waals surface area contributed by atoms with Crippen LogP contribution in [0, 0.1) is 0 Å². The third kappa shape index (κ3) is 2.90. The SMILES string of the molecule is Clc1ncccc1N=Cc1cccc(Br)c1. The molecule has 0 saturated heterocycles. The number of rotatable bonds is 2. The van der Waals surface area contributed by atoms with E-state index in [9.17, 15) is 0 Å². The molecule has 0 atom stereocenters. The van der Waals surface area contributed by atoms with Crippen LogP contribution >= 0.6 is 27.5 Å². The number of hydrogen-bond donors (Lipinski definition) is 0. The zero-order valence-electron chi connectivity index (χ0n) is 8.27. The fourth-order valence-electron chi connectivity index (χ4n) is 1.20. The highest BCUT2D eigenvalue weighted by atomic mass is 79.9. The van der Waals surface area contributed by atoms with E-state index in [2.05, 4.69) is 25.9 Å². The van der Waals surface area contributed by atoms with Crippen LogP contribution in [0.3, 0.4) is 0 Å². The number of nitrogens with zero attached hydrogens (tertiary/aromatic N) is 2. The number of pyridine rings is 1. The smallest absolute Gasteiger partial charge is 0.154 e. The third-order valence-electron chi connectivity index (χ3n) is 1.94. The van der Waals surface area contributed by atoms with Gasteiger partial charge in [-0.3, -0.25) is 4.99 Å². The van der Waals surface area contributed by atoms with Crippen molar-refractivity contribution in [3.8, 4) is 0 Å². The molecule has 2 rings (SSSR count). The number of hydrogen-bond acceptors (Lipinski definition) is 2. The Morgan fingerprint density at radius 2 is 2.12 bits per heavy atom. The second kappa shape index (κ2) is 5.23. The Bertz CT molecular complexity index is 526. The van der Waals surface area contributed by atoms with Gasteiger partial charge in [-0.15, -0.1) is 0 Å². The van der Waals surface area contributed by atoms with E-state index in [1.54, 1.807) is 18.5 Å². The van der Waals surface area contributed by atoms with Gasteiger partial charge in [0.2, 0.25) is 0 Å². The van der Waals surface area contributed by atoms with Gasteiger partial charge in [0, 0.05) is 16.9 Å². The van der Waals surface area contributed by atoms with Gasteiger partial charge in [0.25, 0.3) is 0 Å². The zero-order valence-corrected chi connectivity index (χ0v) is 10.6. The molecule has 80 valence electrons. The Morgan fingerprint density at radius 1 is 1.25 bits per heavy atom. The first kappa shape index (κ1) is 11.3. The van der Waals surface area contributed by atoms with Crippen LogP contribution in [-0.4, -0.2) is 11.2 Å². The number of halogens is 2. The summed E-state index contributed by atoms with van der Waals surface area (Å²) in [5, 5.41) is 0.411. The minimum absolute atomic E-state index is 0.411. The molecule has 0 fully saturated rings. The van der Waals surface area contributed by atoms with Crippen molar-refractivity contribution >= 4 is 39.4 Å². The van der Waals surface area contributed by atoms with Crippen LogP contribution in [0.2, 0.25) is 5.15 Å². The largest absolute Gasteiger partial charge is 0.253 e. The lowest BCUT2D eigenvalue weighted by Crippen LogP contribution is -1.80. The van der Waals surface area contributed by atoms with Gasteiger partial charge in [0.1, 0.15) is 5.69 Å². The van der Waals surface area contributed by atoms with Crippen molar-refractivity contribution in [1.29, 1.82) is 0 Å². The molecule has 4 heteroatoms. The van der Waals surface area contributed by atoms with E-state index < -0.39 is 0 Å². The number of aliphatic imine (C=N–C) groups is 1. The Morgan fingerprint density at radius 3 is 2.88 bits per heavy atom. The summed E-state index contributed by atoms with van der Waals surface area (Å²) in [7, 11) is 0. The summed E-state index contributed by atoms with van der Waals surface area (Å²) in [6.07, 6.45) is 3.40. The topological polar surface area (TPSA) is 25.2 Å². The number of aromatic nitrogens is 1. The molecule has 0 aliphatic carbocycles. The molecule has 0 bridgehead atoms. The Labute approximate surface area is 107 Å². The highest BCUT2D eigenvalue weighted by Crippen LogP contribution is 2.21. The van der Waals surface area contributed by atoms with Gasteiger partial charge in [0.05, 0.1) is 0 Å². The van der Waals surface area contributed by atoms with Gasteiger partial charge in [-0.1, -0.05) is 39.7 Å². The molecule has 0 aliphatic heterocycles. The Balaban J connectivity index is 2.25. The van der Waals surface area contributed by atoms with Crippen LogP contribution in [0.1, 0.15) is 5.56 Å². The molecule has 2 aromatic rings. The lowest BCUT2D eigenvalue weighted by atomic mass is 10.2. The van der Waals surface area contributed by atoms with Crippen LogP contribution in [0.25, 0.3) is 0 Å². The second-order valence-corrected chi connectivity index (χ2v) is 4.40. The molecule has 0 N–H and O–H groups in total. The maximum absolute atomic E-state index is 5.89. The molecular weight excluding hydrogens is 288 g/mol. The van der Waals surface area contributed by atoms with Crippen LogP contribution < -0.4 is 0 Å². The summed E-state index contributed by atoms with van der Waals surface area (Å²) < 4.78 is 1.02. The first-order valence-electron chi connectivity index (χ1n) is 4.66. The van der Waals surface area contributed by atoms with Gasteiger partial charge in [-0.25, -0.2) is 4.98 Å². The maximum atomic E-state index is 5.89. The van der Waals surface area contributed by atoms with Crippen molar-refractivity contribution in [1.82, 2.24) is 4.98 Å². The normalized spacial score (nSPS) is 10.9. The quantitative estimate of drug-likeness (QED) is 0.600. The zero-order chi connectivity index (χ0) is 11.4. The molecule has 2 nitrogen and oxygen atoms in total. The summed E-state index contributed by atoms with van der Waals surface area (Å²) in [6, 6.07) is 11.5. The van der Waals surface area contributed by atoms with E-state index in [0.717, 1.165) is 10.0 Å². The van der Waals surface area contributed by atoms with E-state index >= 15 is 0 Å². The molecular formula is C12H8BrClN2. The molecule has 0 unspecified atom stereocenters. The Hall–Kier alpha value is -1.19. The summed E-state index contributed by atoms with van der Waals surface area (Å²) in [4.78, 5) is 8.23.